The van der Waals surface area contributed by atoms with Crippen molar-refractivity contribution in [1.29, 1.82) is 0 Å². The lowest BCUT2D eigenvalue weighted by atomic mass is 10.1. The second-order valence-corrected chi connectivity index (χ2v) is 4.05. The molecule has 0 aromatic heterocycles. The summed E-state index contributed by atoms with van der Waals surface area (Å²) in [6.07, 6.45) is 0. The summed E-state index contributed by atoms with van der Waals surface area (Å²) < 4.78 is 0. The molecule has 0 aliphatic carbocycles. The summed E-state index contributed by atoms with van der Waals surface area (Å²) in [5, 5.41) is 9.98. The molecule has 0 bridgehead atoms. The Balaban J connectivity index is 2.85. The van der Waals surface area contributed by atoms with E-state index < -0.39 is 11.8 Å². The number of carbonyl (C=O) groups is 2. The molecule has 1 aromatic rings. The van der Waals surface area contributed by atoms with Crippen LogP contribution < -0.4 is 16.6 Å². The number of nitrogens with one attached hydrogen (secondary N) is 2. The van der Waals surface area contributed by atoms with E-state index in [0.29, 0.717) is 0 Å². The van der Waals surface area contributed by atoms with Crippen molar-refractivity contribution in [1.82, 2.24) is 10.9 Å². The molecule has 2 amide bonds. The molecular formula is C10H9Cl2N3O3. The zero-order chi connectivity index (χ0) is 13.9. The van der Waals surface area contributed by atoms with E-state index in [4.69, 9.17) is 28.9 Å². The summed E-state index contributed by atoms with van der Waals surface area (Å²) in [4.78, 5) is 21.4. The monoisotopic (exact) mass is 289 g/mol. The number of primary amides is 1. The summed E-state index contributed by atoms with van der Waals surface area (Å²) in [6.45, 7) is 3.54. The Morgan fingerprint density at radius 1 is 1.28 bits per heavy atom. The molecule has 1 rings (SSSR count). The third-order valence-electron chi connectivity index (χ3n) is 1.90. The molecule has 0 fully saturated rings. The lowest BCUT2D eigenvalue weighted by Gasteiger charge is -2.12. The molecule has 0 unspecified atom stereocenters. The molecule has 0 spiro atoms. The maximum absolute atomic E-state index is 10.9. The standard InChI is InChI=1S/C10H9Cl2N3O3/c1-4(14-15-10(18)9(13)17)6-2-5(11)3-7(12)8(6)16/h2-3,14,16H,1H2,(H2,13,17)(H,15,18). The fourth-order valence-electron chi connectivity index (χ4n) is 1.06. The molecule has 8 heteroatoms. The average molecular weight is 290 g/mol. The summed E-state index contributed by atoms with van der Waals surface area (Å²) in [7, 11) is 0. The third kappa shape index (κ3) is 3.28. The topological polar surface area (TPSA) is 104 Å². The lowest BCUT2D eigenvalue weighted by molar-refractivity contribution is -0.137. The van der Waals surface area contributed by atoms with Crippen molar-refractivity contribution in [2.24, 2.45) is 5.73 Å². The van der Waals surface area contributed by atoms with Crippen LogP contribution in [0.4, 0.5) is 0 Å². The molecule has 5 N–H and O–H groups in total. The number of phenols is 1. The minimum absolute atomic E-state index is 0.0293. The number of aromatic hydroxyl groups is 1. The van der Waals surface area contributed by atoms with Crippen LogP contribution in [-0.4, -0.2) is 16.9 Å². The van der Waals surface area contributed by atoms with Gasteiger partial charge < -0.3 is 10.8 Å². The van der Waals surface area contributed by atoms with Crippen molar-refractivity contribution < 1.29 is 14.7 Å². The molecular weight excluding hydrogens is 281 g/mol. The Hall–Kier alpha value is -1.92. The maximum atomic E-state index is 10.9. The first-order valence-corrected chi connectivity index (χ1v) is 5.31. The van der Waals surface area contributed by atoms with Gasteiger partial charge in [0.25, 0.3) is 0 Å². The highest BCUT2D eigenvalue weighted by Crippen LogP contribution is 2.33. The predicted molar refractivity (Wildman–Crippen MR) is 67.6 cm³/mol. The van der Waals surface area contributed by atoms with E-state index in [-0.39, 0.29) is 27.1 Å². The van der Waals surface area contributed by atoms with E-state index in [9.17, 15) is 14.7 Å². The minimum atomic E-state index is -1.16. The first-order valence-electron chi connectivity index (χ1n) is 4.56. The van der Waals surface area contributed by atoms with Gasteiger partial charge in [-0.25, -0.2) is 0 Å². The number of nitrogens with two attached hydrogens (primary N) is 1. The normalized spacial score (nSPS) is 9.67. The minimum Gasteiger partial charge on any atom is -0.506 e. The number of benzene rings is 1. The van der Waals surface area contributed by atoms with Gasteiger partial charge in [-0.3, -0.25) is 20.4 Å². The second kappa shape index (κ2) is 5.61. The number of amides is 2. The zero-order valence-corrected chi connectivity index (χ0v) is 10.5. The zero-order valence-electron chi connectivity index (χ0n) is 8.96. The van der Waals surface area contributed by atoms with Crippen LogP contribution in [0.3, 0.4) is 0 Å². The van der Waals surface area contributed by atoms with Crippen molar-refractivity contribution >= 4 is 40.7 Å². The van der Waals surface area contributed by atoms with E-state index >= 15 is 0 Å². The fourth-order valence-corrected chi connectivity index (χ4v) is 1.55. The van der Waals surface area contributed by atoms with Crippen LogP contribution >= 0.6 is 23.2 Å². The van der Waals surface area contributed by atoms with Crippen LogP contribution in [-0.2, 0) is 9.59 Å². The van der Waals surface area contributed by atoms with Crippen molar-refractivity contribution in [3.05, 3.63) is 34.3 Å². The van der Waals surface area contributed by atoms with Gasteiger partial charge in [-0.2, -0.15) is 0 Å². The van der Waals surface area contributed by atoms with E-state index in [1.807, 2.05) is 5.43 Å². The number of halogens is 2. The Bertz CT molecular complexity index is 531. The molecule has 0 saturated heterocycles. The van der Waals surface area contributed by atoms with Crippen molar-refractivity contribution in [3.8, 4) is 5.75 Å². The Morgan fingerprint density at radius 3 is 2.44 bits per heavy atom. The molecule has 1 aromatic carbocycles. The molecule has 0 aliphatic heterocycles. The van der Waals surface area contributed by atoms with Crippen LogP contribution in [0.1, 0.15) is 5.56 Å². The fraction of sp³-hybridized carbons (Fsp3) is 0. The van der Waals surface area contributed by atoms with Crippen molar-refractivity contribution in [2.45, 2.75) is 0 Å². The number of hydrogen-bond acceptors (Lipinski definition) is 4. The van der Waals surface area contributed by atoms with Gasteiger partial charge in [0.2, 0.25) is 0 Å². The Kier molecular flexibility index (Phi) is 4.41. The van der Waals surface area contributed by atoms with Gasteiger partial charge in [0.05, 0.1) is 10.7 Å². The van der Waals surface area contributed by atoms with Crippen molar-refractivity contribution in [3.63, 3.8) is 0 Å². The first-order chi connectivity index (χ1) is 8.32. The number of hydrogen-bond donors (Lipinski definition) is 4. The smallest absolute Gasteiger partial charge is 0.327 e. The first kappa shape index (κ1) is 14.1. The van der Waals surface area contributed by atoms with Gasteiger partial charge in [0.15, 0.2) is 0 Å². The summed E-state index contributed by atoms with van der Waals surface area (Å²) >= 11 is 11.5. The van der Waals surface area contributed by atoms with Gasteiger partial charge in [0, 0.05) is 10.6 Å². The van der Waals surface area contributed by atoms with Gasteiger partial charge in [-0.05, 0) is 12.1 Å². The van der Waals surface area contributed by atoms with Crippen LogP contribution in [0.15, 0.2) is 18.7 Å². The molecule has 0 aliphatic rings. The molecule has 18 heavy (non-hydrogen) atoms. The van der Waals surface area contributed by atoms with Crippen LogP contribution in [0.25, 0.3) is 5.70 Å². The van der Waals surface area contributed by atoms with E-state index in [1.54, 1.807) is 0 Å². The quantitative estimate of drug-likeness (QED) is 0.487. The second-order valence-electron chi connectivity index (χ2n) is 3.21. The molecule has 0 saturated carbocycles. The maximum Gasteiger partial charge on any atom is 0.327 e. The summed E-state index contributed by atoms with van der Waals surface area (Å²) in [6, 6.07) is 2.73. The van der Waals surface area contributed by atoms with Crippen molar-refractivity contribution in [2.75, 3.05) is 0 Å². The Labute approximate surface area is 112 Å². The molecule has 0 heterocycles. The molecule has 96 valence electrons. The summed E-state index contributed by atoms with van der Waals surface area (Å²) in [5.74, 6) is -2.47. The Morgan fingerprint density at radius 2 is 1.89 bits per heavy atom. The third-order valence-corrected chi connectivity index (χ3v) is 2.41. The highest BCUT2D eigenvalue weighted by atomic mass is 35.5. The number of phenolic OH excluding ortho intramolecular Hbond substituents is 1. The number of rotatable bonds is 3. The number of carbonyl (C=O) groups excluding carboxylic acids is 2. The molecule has 6 nitrogen and oxygen atoms in total. The van der Waals surface area contributed by atoms with Gasteiger partial charge in [0.1, 0.15) is 5.75 Å². The summed E-state index contributed by atoms with van der Waals surface area (Å²) in [5.41, 5.74) is 9.28. The van der Waals surface area contributed by atoms with E-state index in [1.165, 1.54) is 12.1 Å². The highest BCUT2D eigenvalue weighted by molar-refractivity contribution is 6.36. The van der Waals surface area contributed by atoms with Gasteiger partial charge >= 0.3 is 11.8 Å². The van der Waals surface area contributed by atoms with Crippen LogP contribution in [0, 0.1) is 0 Å². The largest absolute Gasteiger partial charge is 0.506 e. The van der Waals surface area contributed by atoms with Gasteiger partial charge in [-0.1, -0.05) is 29.8 Å². The molecule has 0 radical (unpaired) electrons. The van der Waals surface area contributed by atoms with Crippen LogP contribution in [0.2, 0.25) is 10.0 Å². The van der Waals surface area contributed by atoms with Gasteiger partial charge in [-0.15, -0.1) is 0 Å². The van der Waals surface area contributed by atoms with Crippen LogP contribution in [0.5, 0.6) is 5.75 Å². The SMILES string of the molecule is C=C(NNC(=O)C(N)=O)c1cc(Cl)cc(Cl)c1O. The van der Waals surface area contributed by atoms with E-state index in [0.717, 1.165) is 0 Å². The average Bonchev–Trinajstić information content (AvgIpc) is 2.29. The lowest BCUT2D eigenvalue weighted by Crippen LogP contribution is -2.43. The highest BCUT2D eigenvalue weighted by Gasteiger charge is 2.13. The predicted octanol–water partition coefficient (Wildman–Crippen LogP) is 0.776. The number of hydrazine groups is 1. The molecule has 0 atom stereocenters. The van der Waals surface area contributed by atoms with E-state index in [2.05, 4.69) is 12.0 Å².